The molecule has 1 fully saturated rings. The van der Waals surface area contributed by atoms with Gasteiger partial charge in [0.15, 0.2) is 0 Å². The van der Waals surface area contributed by atoms with E-state index in [1.54, 1.807) is 6.07 Å². The van der Waals surface area contributed by atoms with Crippen LogP contribution in [0, 0.1) is 0 Å². The van der Waals surface area contributed by atoms with Crippen LogP contribution in [0.3, 0.4) is 0 Å². The van der Waals surface area contributed by atoms with Crippen LogP contribution in [0.15, 0.2) is 18.2 Å². The average Bonchev–Trinajstić information content (AvgIpc) is 2.95. The minimum Gasteiger partial charge on any atom is -0.508 e. The largest absolute Gasteiger partial charge is 0.508 e. The summed E-state index contributed by atoms with van der Waals surface area (Å²) in [6.07, 6.45) is 4.35. The van der Waals surface area contributed by atoms with Crippen molar-refractivity contribution in [1.29, 1.82) is 0 Å². The third kappa shape index (κ3) is 2.13. The molecule has 1 aliphatic heterocycles. The fourth-order valence-corrected chi connectivity index (χ4v) is 3.16. The molecular weight excluding hydrogens is 226 g/mol. The number of phenols is 1. The minimum absolute atomic E-state index is 0.000418. The standard InChI is InChI=1S/C15H21NO2/c1-15(8-3-9-18-15)10-16-13-7-6-12-11(13)4-2-5-14(12)17/h2,4-5,13,16-17H,3,6-10H2,1H3. The number of phenolic OH excluding ortho intramolecular Hbond substituents is 1. The Kier molecular flexibility index (Phi) is 3.04. The van der Waals surface area contributed by atoms with E-state index in [2.05, 4.69) is 18.3 Å². The van der Waals surface area contributed by atoms with Gasteiger partial charge in [0.2, 0.25) is 0 Å². The first-order chi connectivity index (χ1) is 8.68. The number of aromatic hydroxyl groups is 1. The van der Waals surface area contributed by atoms with Gasteiger partial charge in [-0.05, 0) is 49.8 Å². The molecule has 0 bridgehead atoms. The fourth-order valence-electron chi connectivity index (χ4n) is 3.16. The Hall–Kier alpha value is -1.06. The molecule has 3 nitrogen and oxygen atoms in total. The van der Waals surface area contributed by atoms with Gasteiger partial charge in [-0.3, -0.25) is 0 Å². The summed E-state index contributed by atoms with van der Waals surface area (Å²) in [5.74, 6) is 0.445. The number of ether oxygens (including phenoxy) is 1. The van der Waals surface area contributed by atoms with Crippen LogP contribution in [-0.4, -0.2) is 23.9 Å². The normalized spacial score (nSPS) is 30.6. The molecule has 2 aliphatic rings. The van der Waals surface area contributed by atoms with E-state index >= 15 is 0 Å². The molecule has 2 unspecified atom stereocenters. The minimum atomic E-state index is -0.000418. The third-order valence-corrected chi connectivity index (χ3v) is 4.27. The number of hydrogen-bond acceptors (Lipinski definition) is 3. The average molecular weight is 247 g/mol. The Labute approximate surface area is 108 Å². The molecule has 0 aromatic heterocycles. The lowest BCUT2D eigenvalue weighted by Crippen LogP contribution is -2.38. The van der Waals surface area contributed by atoms with Crippen LogP contribution in [0.4, 0.5) is 0 Å². The van der Waals surface area contributed by atoms with Crippen molar-refractivity contribution in [2.75, 3.05) is 13.2 Å². The summed E-state index contributed by atoms with van der Waals surface area (Å²) in [4.78, 5) is 0. The summed E-state index contributed by atoms with van der Waals surface area (Å²) in [7, 11) is 0. The van der Waals surface area contributed by atoms with Gasteiger partial charge in [0.1, 0.15) is 5.75 Å². The highest BCUT2D eigenvalue weighted by atomic mass is 16.5. The van der Waals surface area contributed by atoms with Gasteiger partial charge in [-0.25, -0.2) is 0 Å². The fraction of sp³-hybridized carbons (Fsp3) is 0.600. The molecule has 2 N–H and O–H groups in total. The van der Waals surface area contributed by atoms with Crippen LogP contribution >= 0.6 is 0 Å². The zero-order valence-electron chi connectivity index (χ0n) is 10.9. The smallest absolute Gasteiger partial charge is 0.119 e. The first-order valence-corrected chi connectivity index (χ1v) is 6.86. The first-order valence-electron chi connectivity index (χ1n) is 6.86. The summed E-state index contributed by atoms with van der Waals surface area (Å²) < 4.78 is 5.80. The van der Waals surface area contributed by atoms with E-state index in [4.69, 9.17) is 4.74 Å². The Bertz CT molecular complexity index is 438. The van der Waals surface area contributed by atoms with Gasteiger partial charge in [-0.2, -0.15) is 0 Å². The van der Waals surface area contributed by atoms with Crippen molar-refractivity contribution >= 4 is 0 Å². The zero-order valence-corrected chi connectivity index (χ0v) is 10.9. The van der Waals surface area contributed by atoms with Crippen LogP contribution < -0.4 is 5.32 Å². The Balaban J connectivity index is 1.68. The SMILES string of the molecule is CC1(CNC2CCc3c(O)cccc32)CCCO1. The van der Waals surface area contributed by atoms with Gasteiger partial charge in [0, 0.05) is 19.2 Å². The van der Waals surface area contributed by atoms with E-state index in [0.717, 1.165) is 38.0 Å². The van der Waals surface area contributed by atoms with Gasteiger partial charge in [0.05, 0.1) is 5.60 Å². The maximum Gasteiger partial charge on any atom is 0.119 e. The zero-order chi connectivity index (χ0) is 12.6. The van der Waals surface area contributed by atoms with Gasteiger partial charge in [-0.15, -0.1) is 0 Å². The Morgan fingerprint density at radius 3 is 3.17 bits per heavy atom. The number of rotatable bonds is 3. The van der Waals surface area contributed by atoms with Crippen molar-refractivity contribution in [3.63, 3.8) is 0 Å². The van der Waals surface area contributed by atoms with E-state index in [-0.39, 0.29) is 5.60 Å². The second-order valence-electron chi connectivity index (χ2n) is 5.72. The maximum atomic E-state index is 9.83. The summed E-state index contributed by atoms with van der Waals surface area (Å²) in [5.41, 5.74) is 2.38. The van der Waals surface area contributed by atoms with E-state index in [1.165, 1.54) is 12.0 Å². The first kappa shape index (κ1) is 12.0. The predicted molar refractivity (Wildman–Crippen MR) is 70.8 cm³/mol. The number of fused-ring (bicyclic) bond motifs is 1. The van der Waals surface area contributed by atoms with Gasteiger partial charge in [-0.1, -0.05) is 12.1 Å². The van der Waals surface area contributed by atoms with E-state index in [0.29, 0.717) is 11.8 Å². The van der Waals surface area contributed by atoms with Crippen molar-refractivity contribution < 1.29 is 9.84 Å². The lowest BCUT2D eigenvalue weighted by Gasteiger charge is -2.26. The molecule has 0 amide bonds. The van der Waals surface area contributed by atoms with Gasteiger partial charge < -0.3 is 15.2 Å². The summed E-state index contributed by atoms with van der Waals surface area (Å²) >= 11 is 0. The molecule has 1 aliphatic carbocycles. The second kappa shape index (κ2) is 4.56. The van der Waals surface area contributed by atoms with Crippen LogP contribution in [0.2, 0.25) is 0 Å². The molecular formula is C15H21NO2. The summed E-state index contributed by atoms with van der Waals surface area (Å²) in [5, 5.41) is 13.4. The molecule has 0 saturated carbocycles. The maximum absolute atomic E-state index is 9.83. The molecule has 98 valence electrons. The Morgan fingerprint density at radius 2 is 2.39 bits per heavy atom. The molecule has 18 heavy (non-hydrogen) atoms. The molecule has 1 aromatic rings. The van der Waals surface area contributed by atoms with E-state index in [9.17, 15) is 5.11 Å². The lowest BCUT2D eigenvalue weighted by atomic mass is 10.0. The highest BCUT2D eigenvalue weighted by molar-refractivity contribution is 5.44. The van der Waals surface area contributed by atoms with Crippen LogP contribution in [0.1, 0.15) is 43.4 Å². The molecule has 1 saturated heterocycles. The van der Waals surface area contributed by atoms with E-state index < -0.39 is 0 Å². The molecule has 1 heterocycles. The highest BCUT2D eigenvalue weighted by Gasteiger charge is 2.32. The molecule has 0 spiro atoms. The van der Waals surface area contributed by atoms with E-state index in [1.807, 2.05) is 6.07 Å². The molecule has 3 heteroatoms. The van der Waals surface area contributed by atoms with Gasteiger partial charge in [0.25, 0.3) is 0 Å². The van der Waals surface area contributed by atoms with Crippen molar-refractivity contribution in [2.45, 2.75) is 44.2 Å². The molecule has 2 atom stereocenters. The molecule has 0 radical (unpaired) electrons. The lowest BCUT2D eigenvalue weighted by molar-refractivity contribution is 0.0187. The predicted octanol–water partition coefficient (Wildman–Crippen LogP) is 2.54. The highest BCUT2D eigenvalue weighted by Crippen LogP contribution is 2.36. The molecule has 1 aromatic carbocycles. The Morgan fingerprint density at radius 1 is 1.50 bits per heavy atom. The van der Waals surface area contributed by atoms with Crippen molar-refractivity contribution in [2.24, 2.45) is 0 Å². The summed E-state index contributed by atoms with van der Waals surface area (Å²) in [6, 6.07) is 6.20. The number of nitrogens with one attached hydrogen (secondary N) is 1. The van der Waals surface area contributed by atoms with Crippen LogP contribution in [0.5, 0.6) is 5.75 Å². The number of hydrogen-bond donors (Lipinski definition) is 2. The van der Waals surface area contributed by atoms with Crippen LogP contribution in [-0.2, 0) is 11.2 Å². The monoisotopic (exact) mass is 247 g/mol. The molecule has 3 rings (SSSR count). The van der Waals surface area contributed by atoms with Crippen molar-refractivity contribution in [3.05, 3.63) is 29.3 Å². The number of benzene rings is 1. The van der Waals surface area contributed by atoms with Gasteiger partial charge >= 0.3 is 0 Å². The third-order valence-electron chi connectivity index (χ3n) is 4.27. The van der Waals surface area contributed by atoms with Crippen molar-refractivity contribution in [3.8, 4) is 5.75 Å². The summed E-state index contributed by atoms with van der Waals surface area (Å²) in [6.45, 7) is 3.97. The quantitative estimate of drug-likeness (QED) is 0.862. The van der Waals surface area contributed by atoms with Crippen molar-refractivity contribution in [1.82, 2.24) is 5.32 Å². The second-order valence-corrected chi connectivity index (χ2v) is 5.72. The van der Waals surface area contributed by atoms with Crippen LogP contribution in [0.25, 0.3) is 0 Å². The topological polar surface area (TPSA) is 41.5 Å².